The van der Waals surface area contributed by atoms with Gasteiger partial charge in [0.2, 0.25) is 0 Å². The number of aromatic nitrogens is 2. The van der Waals surface area contributed by atoms with Gasteiger partial charge in [-0.3, -0.25) is 0 Å². The molecule has 0 N–H and O–H groups in total. The average Bonchev–Trinajstić information content (AvgIpc) is 1.53. The first kappa shape index (κ1) is 64.7. The summed E-state index contributed by atoms with van der Waals surface area (Å²) in [4.78, 5) is 0. The molecular weight excluding hydrogens is 1350 g/mol. The Kier molecular flexibility index (Phi) is 15.1. The van der Waals surface area contributed by atoms with E-state index in [0.29, 0.717) is 0 Å². The van der Waals surface area contributed by atoms with Crippen molar-refractivity contribution in [1.82, 2.24) is 9.13 Å². The van der Waals surface area contributed by atoms with Crippen LogP contribution in [-0.4, -0.2) is 9.13 Å². The zero-order chi connectivity index (χ0) is 73.9. The van der Waals surface area contributed by atoms with E-state index in [2.05, 4.69) is 446 Å². The molecule has 18 aromatic carbocycles. The maximum Gasteiger partial charge on any atom is 0.0713 e. The van der Waals surface area contributed by atoms with Gasteiger partial charge in [0.25, 0.3) is 0 Å². The molecule has 0 fully saturated rings. The summed E-state index contributed by atoms with van der Waals surface area (Å²) in [6.07, 6.45) is 9.12. The molecule has 0 saturated heterocycles. The molecule has 0 unspecified atom stereocenters. The third-order valence-electron chi connectivity index (χ3n) is 24.2. The molecule has 0 amide bonds. The fourth-order valence-electron chi connectivity index (χ4n) is 19.0. The lowest BCUT2D eigenvalue weighted by Gasteiger charge is -2.35. The number of fused-ring (bicyclic) bond motifs is 14. The van der Waals surface area contributed by atoms with E-state index >= 15 is 0 Å². The van der Waals surface area contributed by atoms with Crippen LogP contribution in [0.4, 0.5) is 0 Å². The van der Waals surface area contributed by atoms with Crippen molar-refractivity contribution in [2.75, 3.05) is 0 Å². The lowest BCUT2D eigenvalue weighted by molar-refractivity contribution is 0.767. The molecule has 22 rings (SSSR count). The Bertz CT molecular complexity index is 6680. The SMILES string of the molecule is C(=C\c1ccc2c(c1)C(c1ccccc1)(c1ccccc1)c1cc(-c3ccc4c(c3)C(c3ccccc3)(c3ccccc3)c3cc(/C=C/c5ccc(-c6ccc7c(c6)c6ccccc6n7-c6ccc7ccccc7c6)cc5)ccc3-4)ccc1-2)/c1ccc(-c2ccc3c(c2)c2ccccc2n3-c2ccc3ccccc3c2)cc1. The Hall–Kier alpha value is -14.4. The van der Waals surface area contributed by atoms with Gasteiger partial charge in [0, 0.05) is 32.9 Å². The highest BCUT2D eigenvalue weighted by Crippen LogP contribution is 2.60. The van der Waals surface area contributed by atoms with Crippen LogP contribution in [0, 0.1) is 0 Å². The van der Waals surface area contributed by atoms with E-state index in [1.165, 1.54) is 177 Å². The minimum atomic E-state index is -0.632. The topological polar surface area (TPSA) is 9.86 Å². The highest BCUT2D eigenvalue weighted by molar-refractivity contribution is 6.12. The zero-order valence-corrected chi connectivity index (χ0v) is 61.5. The lowest BCUT2D eigenvalue weighted by atomic mass is 9.66. The largest absolute Gasteiger partial charge is 0.309 e. The number of rotatable bonds is 13. The van der Waals surface area contributed by atoms with Crippen molar-refractivity contribution in [3.05, 3.63) is 479 Å². The van der Waals surface area contributed by atoms with Crippen molar-refractivity contribution >= 4 is 89.5 Å². The first-order valence-corrected chi connectivity index (χ1v) is 38.9. The van der Waals surface area contributed by atoms with Crippen molar-refractivity contribution in [3.8, 4) is 67.0 Å². The monoisotopic (exact) mass is 1420 g/mol. The molecular formula is C110H72N2. The minimum absolute atomic E-state index is 0.632. The van der Waals surface area contributed by atoms with Crippen LogP contribution in [0.2, 0.25) is 0 Å². The summed E-state index contributed by atoms with van der Waals surface area (Å²) >= 11 is 0. The maximum absolute atomic E-state index is 2.52. The van der Waals surface area contributed by atoms with Crippen LogP contribution >= 0.6 is 0 Å². The van der Waals surface area contributed by atoms with Gasteiger partial charge in [-0.2, -0.15) is 0 Å². The molecule has 112 heavy (non-hydrogen) atoms. The van der Waals surface area contributed by atoms with Crippen molar-refractivity contribution in [1.29, 1.82) is 0 Å². The smallest absolute Gasteiger partial charge is 0.0713 e. The van der Waals surface area contributed by atoms with Crippen LogP contribution < -0.4 is 0 Å². The normalized spacial score (nSPS) is 13.2. The van der Waals surface area contributed by atoms with Gasteiger partial charge in [-0.25, -0.2) is 0 Å². The van der Waals surface area contributed by atoms with E-state index in [4.69, 9.17) is 0 Å². The van der Waals surface area contributed by atoms with E-state index in [9.17, 15) is 0 Å². The van der Waals surface area contributed by atoms with Crippen LogP contribution in [0.15, 0.2) is 413 Å². The highest BCUT2D eigenvalue weighted by atomic mass is 15.0. The number of hydrogen-bond acceptors (Lipinski definition) is 0. The van der Waals surface area contributed by atoms with Gasteiger partial charge in [-0.15, -0.1) is 0 Å². The van der Waals surface area contributed by atoms with Gasteiger partial charge in [0.15, 0.2) is 0 Å². The van der Waals surface area contributed by atoms with E-state index in [1.807, 2.05) is 0 Å². The first-order valence-electron chi connectivity index (χ1n) is 38.9. The second kappa shape index (κ2) is 26.2. The van der Waals surface area contributed by atoms with E-state index in [-0.39, 0.29) is 0 Å². The van der Waals surface area contributed by atoms with Gasteiger partial charge >= 0.3 is 0 Å². The number of benzene rings is 18. The van der Waals surface area contributed by atoms with Crippen LogP contribution in [-0.2, 0) is 10.8 Å². The summed E-state index contributed by atoms with van der Waals surface area (Å²) in [6.45, 7) is 0. The fourth-order valence-corrected chi connectivity index (χ4v) is 19.0. The van der Waals surface area contributed by atoms with Gasteiger partial charge in [-0.1, -0.05) is 352 Å². The maximum atomic E-state index is 2.52. The second-order valence-corrected chi connectivity index (χ2v) is 30.2. The van der Waals surface area contributed by atoms with Crippen LogP contribution in [0.25, 0.3) is 156 Å². The van der Waals surface area contributed by atoms with Gasteiger partial charge < -0.3 is 9.13 Å². The Balaban J connectivity index is 0.593. The summed E-state index contributed by atoms with van der Waals surface area (Å²) in [5.74, 6) is 0. The summed E-state index contributed by atoms with van der Waals surface area (Å²) < 4.78 is 4.82. The lowest BCUT2D eigenvalue weighted by Crippen LogP contribution is -2.29. The molecule has 522 valence electrons. The molecule has 0 spiro atoms. The van der Waals surface area contributed by atoms with E-state index in [1.54, 1.807) is 0 Å². The Morgan fingerprint density at radius 2 is 0.464 bits per heavy atom. The third kappa shape index (κ3) is 10.3. The number of nitrogens with zero attached hydrogens (tertiary/aromatic N) is 2. The van der Waals surface area contributed by atoms with Crippen molar-refractivity contribution in [2.45, 2.75) is 10.8 Å². The zero-order valence-electron chi connectivity index (χ0n) is 61.5. The molecule has 0 radical (unpaired) electrons. The quantitative estimate of drug-likeness (QED) is 0.102. The molecule has 2 aliphatic carbocycles. The number of para-hydroxylation sites is 2. The summed E-state index contributed by atoms with van der Waals surface area (Å²) in [5, 5.41) is 9.94. The first-order chi connectivity index (χ1) is 55.5. The third-order valence-corrected chi connectivity index (χ3v) is 24.2. The molecule has 20 aromatic rings. The summed E-state index contributed by atoms with van der Waals surface area (Å²) in [7, 11) is 0. The molecule has 2 heterocycles. The summed E-state index contributed by atoms with van der Waals surface area (Å²) in [5.41, 5.74) is 32.6. The van der Waals surface area contributed by atoms with Crippen LogP contribution in [0.5, 0.6) is 0 Å². The molecule has 2 aromatic heterocycles. The molecule has 0 saturated carbocycles. The average molecular weight is 1420 g/mol. The molecule has 2 nitrogen and oxygen atoms in total. The predicted molar refractivity (Wildman–Crippen MR) is 472 cm³/mol. The standard InChI is InChI=1S/C110H72N2/c1-5-25-87(26-6-1)109(88-27-7-2-8-28-88)101-65-75(39-37-73-41-47-79(48-42-73)83-55-63-107-99(69-83)97-33-17-19-35-105(97)111(107)91-57-51-77-21-13-15-23-81(77)67-91)45-59-93(101)95-61-53-85(71-103(95)109)86-54-62-96-94-60-46-76(66-102(94)110(104(96)72-86,89-29-9-3-10-30-89)90-31-11-4-12-32-90)40-38-74-43-49-80(50-44-74)84-56-64-108-100(70-84)98-34-18-20-36-106(98)112(108)92-58-52-78-22-14-16-24-82(78)68-92/h1-72H/b39-37+,40-38+. The minimum Gasteiger partial charge on any atom is -0.309 e. The van der Waals surface area contributed by atoms with Crippen LogP contribution in [0.1, 0.15) is 66.8 Å². The Labute approximate surface area is 651 Å². The number of hydrogen-bond donors (Lipinski definition) is 0. The molecule has 2 heteroatoms. The highest BCUT2D eigenvalue weighted by Gasteiger charge is 2.48. The summed E-state index contributed by atoms with van der Waals surface area (Å²) in [6, 6.07) is 154. The van der Waals surface area contributed by atoms with Gasteiger partial charge in [0.05, 0.1) is 32.9 Å². The Morgan fingerprint density at radius 1 is 0.179 bits per heavy atom. The van der Waals surface area contributed by atoms with Crippen molar-refractivity contribution in [3.63, 3.8) is 0 Å². The molecule has 0 atom stereocenters. The molecule has 0 aliphatic heterocycles. The van der Waals surface area contributed by atoms with Gasteiger partial charge in [-0.05, 0) is 229 Å². The molecule has 2 aliphatic rings. The van der Waals surface area contributed by atoms with E-state index < -0.39 is 10.8 Å². The van der Waals surface area contributed by atoms with Gasteiger partial charge in [0.1, 0.15) is 0 Å². The molecule has 0 bridgehead atoms. The predicted octanol–water partition coefficient (Wildman–Crippen LogP) is 28.3. The van der Waals surface area contributed by atoms with E-state index in [0.717, 1.165) is 22.3 Å². The second-order valence-electron chi connectivity index (χ2n) is 30.2. The van der Waals surface area contributed by atoms with Crippen molar-refractivity contribution < 1.29 is 0 Å². The Morgan fingerprint density at radius 3 is 0.857 bits per heavy atom. The van der Waals surface area contributed by atoms with Crippen molar-refractivity contribution in [2.24, 2.45) is 0 Å². The van der Waals surface area contributed by atoms with Crippen LogP contribution in [0.3, 0.4) is 0 Å². The fraction of sp³-hybridized carbons (Fsp3) is 0.0182.